The number of H-pyrrole nitrogens is 1. The highest BCUT2D eigenvalue weighted by Gasteiger charge is 2.17. The summed E-state index contributed by atoms with van der Waals surface area (Å²) in [4.78, 5) is 21.4. The van der Waals surface area contributed by atoms with Crippen LogP contribution in [0.5, 0.6) is 0 Å². The molecule has 0 radical (unpaired) electrons. The Morgan fingerprint density at radius 2 is 2.38 bits per heavy atom. The van der Waals surface area contributed by atoms with Crippen LogP contribution in [0.25, 0.3) is 11.0 Å². The van der Waals surface area contributed by atoms with Crippen LogP contribution in [0, 0.1) is 0 Å². The molecule has 2 aromatic heterocycles. The molecule has 0 amide bonds. The Bertz CT molecular complexity index is 672. The molecule has 0 bridgehead atoms. The Labute approximate surface area is 122 Å². The van der Waals surface area contributed by atoms with E-state index in [2.05, 4.69) is 20.0 Å². The van der Waals surface area contributed by atoms with E-state index in [1.807, 2.05) is 7.05 Å². The van der Waals surface area contributed by atoms with Crippen molar-refractivity contribution < 1.29 is 4.74 Å². The van der Waals surface area contributed by atoms with Crippen LogP contribution in [0.1, 0.15) is 25.1 Å². The fourth-order valence-corrected chi connectivity index (χ4v) is 2.77. The van der Waals surface area contributed by atoms with Gasteiger partial charge in [-0.15, -0.1) is 0 Å². The van der Waals surface area contributed by atoms with Gasteiger partial charge < -0.3 is 9.72 Å². The average Bonchev–Trinajstić information content (AvgIpc) is 2.82. The molecular weight excluding hydrogens is 270 g/mol. The molecule has 3 rings (SSSR count). The first-order valence-electron chi connectivity index (χ1n) is 7.34. The third-order valence-corrected chi connectivity index (χ3v) is 3.86. The number of likely N-dealkylation sites (N-methyl/N-ethyl adjacent to an activating group) is 1. The van der Waals surface area contributed by atoms with E-state index in [4.69, 9.17) is 4.74 Å². The average molecular weight is 291 g/mol. The van der Waals surface area contributed by atoms with Crippen LogP contribution >= 0.6 is 0 Å². The molecule has 0 aromatic carbocycles. The summed E-state index contributed by atoms with van der Waals surface area (Å²) >= 11 is 0. The van der Waals surface area contributed by atoms with E-state index in [1.165, 1.54) is 6.42 Å². The van der Waals surface area contributed by atoms with Gasteiger partial charge in [-0.25, -0.2) is 4.98 Å². The van der Waals surface area contributed by atoms with Crippen LogP contribution in [-0.4, -0.2) is 51.0 Å². The Balaban J connectivity index is 1.71. The van der Waals surface area contributed by atoms with Crippen molar-refractivity contribution in [2.75, 3.05) is 20.2 Å². The van der Waals surface area contributed by atoms with Crippen LogP contribution in [-0.2, 0) is 18.3 Å². The molecule has 114 valence electrons. The molecule has 0 spiro atoms. The Morgan fingerprint density at radius 1 is 1.52 bits per heavy atom. The largest absolute Gasteiger partial charge is 0.377 e. The molecule has 1 fully saturated rings. The van der Waals surface area contributed by atoms with Crippen LogP contribution in [0.15, 0.2) is 11.0 Å². The van der Waals surface area contributed by atoms with E-state index >= 15 is 0 Å². The van der Waals surface area contributed by atoms with Crippen molar-refractivity contribution in [3.8, 4) is 0 Å². The van der Waals surface area contributed by atoms with Gasteiger partial charge in [-0.1, -0.05) is 0 Å². The molecule has 7 heteroatoms. The predicted octanol–water partition coefficient (Wildman–Crippen LogP) is 0.657. The molecule has 7 nitrogen and oxygen atoms in total. The first-order chi connectivity index (χ1) is 10.1. The van der Waals surface area contributed by atoms with E-state index < -0.39 is 0 Å². The van der Waals surface area contributed by atoms with Gasteiger partial charge in [0, 0.05) is 20.2 Å². The first kappa shape index (κ1) is 14.2. The molecular formula is C14H21N5O2. The van der Waals surface area contributed by atoms with Crippen molar-refractivity contribution in [1.82, 2.24) is 24.6 Å². The van der Waals surface area contributed by atoms with Gasteiger partial charge in [-0.2, -0.15) is 5.10 Å². The molecule has 0 aliphatic carbocycles. The van der Waals surface area contributed by atoms with E-state index in [9.17, 15) is 4.79 Å². The number of rotatable bonds is 4. The summed E-state index contributed by atoms with van der Waals surface area (Å²) in [5.41, 5.74) is 0.487. The smallest absolute Gasteiger partial charge is 0.262 e. The van der Waals surface area contributed by atoms with Gasteiger partial charge >= 0.3 is 0 Å². The zero-order valence-electron chi connectivity index (χ0n) is 12.5. The second-order valence-electron chi connectivity index (χ2n) is 5.70. The molecule has 1 saturated heterocycles. The molecule has 1 aliphatic rings. The monoisotopic (exact) mass is 291 g/mol. The van der Waals surface area contributed by atoms with E-state index in [-0.39, 0.29) is 11.7 Å². The molecule has 1 aliphatic heterocycles. The van der Waals surface area contributed by atoms with Gasteiger partial charge in [-0.05, 0) is 26.3 Å². The molecule has 2 aromatic rings. The van der Waals surface area contributed by atoms with Gasteiger partial charge in [-0.3, -0.25) is 14.4 Å². The lowest BCUT2D eigenvalue weighted by Crippen LogP contribution is -2.33. The fourth-order valence-electron chi connectivity index (χ4n) is 2.77. The Morgan fingerprint density at radius 3 is 3.14 bits per heavy atom. The van der Waals surface area contributed by atoms with E-state index in [0.717, 1.165) is 26.0 Å². The summed E-state index contributed by atoms with van der Waals surface area (Å²) in [6.07, 6.45) is 5.33. The highest BCUT2D eigenvalue weighted by Crippen LogP contribution is 2.14. The standard InChI is InChI=1S/C14H21N5O2/c1-18(8-10-5-3-4-6-21-10)9-12-16-13-11(14(20)17-12)7-15-19(13)2/h7,10H,3-6,8-9H2,1-2H3,(H,16,17,20)/t10-/m0/s1. The number of aryl methyl sites for hydroxylation is 1. The Hall–Kier alpha value is -1.73. The highest BCUT2D eigenvalue weighted by atomic mass is 16.5. The van der Waals surface area contributed by atoms with Crippen molar-refractivity contribution in [3.63, 3.8) is 0 Å². The summed E-state index contributed by atoms with van der Waals surface area (Å²) in [6.45, 7) is 2.30. The van der Waals surface area contributed by atoms with Gasteiger partial charge in [0.25, 0.3) is 5.56 Å². The minimum atomic E-state index is -0.134. The third-order valence-electron chi connectivity index (χ3n) is 3.86. The number of fused-ring (bicyclic) bond motifs is 1. The molecule has 3 heterocycles. The van der Waals surface area contributed by atoms with Crippen LogP contribution < -0.4 is 5.56 Å². The SMILES string of the molecule is CN(Cc1nc2c(cnn2C)c(=O)[nH]1)C[C@@H]1CCCCO1. The van der Waals surface area contributed by atoms with Crippen LogP contribution in [0.2, 0.25) is 0 Å². The van der Waals surface area contributed by atoms with Crippen LogP contribution in [0.3, 0.4) is 0 Å². The van der Waals surface area contributed by atoms with Gasteiger partial charge in [0.05, 0.1) is 18.8 Å². The maximum atomic E-state index is 12.0. The fraction of sp³-hybridized carbons (Fsp3) is 0.643. The Kier molecular flexibility index (Phi) is 4.03. The molecule has 21 heavy (non-hydrogen) atoms. The minimum Gasteiger partial charge on any atom is -0.377 e. The van der Waals surface area contributed by atoms with Gasteiger partial charge in [0.1, 0.15) is 11.2 Å². The number of aromatic nitrogens is 4. The van der Waals surface area contributed by atoms with E-state index in [1.54, 1.807) is 17.9 Å². The first-order valence-corrected chi connectivity index (χ1v) is 7.34. The van der Waals surface area contributed by atoms with Crippen LogP contribution in [0.4, 0.5) is 0 Å². The van der Waals surface area contributed by atoms with Crippen molar-refractivity contribution in [1.29, 1.82) is 0 Å². The number of nitrogens with zero attached hydrogens (tertiary/aromatic N) is 4. The van der Waals surface area contributed by atoms with E-state index in [0.29, 0.717) is 23.4 Å². The third kappa shape index (κ3) is 3.14. The quantitative estimate of drug-likeness (QED) is 0.895. The second kappa shape index (κ2) is 5.95. The van der Waals surface area contributed by atoms with Crippen molar-refractivity contribution >= 4 is 11.0 Å². The summed E-state index contributed by atoms with van der Waals surface area (Å²) < 4.78 is 7.36. The van der Waals surface area contributed by atoms with Crippen molar-refractivity contribution in [3.05, 3.63) is 22.4 Å². The lowest BCUT2D eigenvalue weighted by molar-refractivity contribution is -0.00291. The summed E-state index contributed by atoms with van der Waals surface area (Å²) in [7, 11) is 3.81. The molecule has 0 saturated carbocycles. The molecule has 0 unspecified atom stereocenters. The minimum absolute atomic E-state index is 0.134. The normalized spacial score (nSPS) is 19.5. The number of hydrogen-bond donors (Lipinski definition) is 1. The van der Waals surface area contributed by atoms with Crippen molar-refractivity contribution in [2.45, 2.75) is 31.9 Å². The lowest BCUT2D eigenvalue weighted by atomic mass is 10.1. The predicted molar refractivity (Wildman–Crippen MR) is 79.1 cm³/mol. The summed E-state index contributed by atoms with van der Waals surface area (Å²) in [5.74, 6) is 0.661. The summed E-state index contributed by atoms with van der Waals surface area (Å²) in [6, 6.07) is 0. The highest BCUT2D eigenvalue weighted by molar-refractivity contribution is 5.72. The molecule has 1 N–H and O–H groups in total. The maximum absolute atomic E-state index is 12.0. The maximum Gasteiger partial charge on any atom is 0.262 e. The van der Waals surface area contributed by atoms with Gasteiger partial charge in [0.15, 0.2) is 5.65 Å². The second-order valence-corrected chi connectivity index (χ2v) is 5.70. The number of nitrogens with one attached hydrogen (secondary N) is 1. The zero-order valence-corrected chi connectivity index (χ0v) is 12.5. The van der Waals surface area contributed by atoms with Crippen molar-refractivity contribution in [2.24, 2.45) is 7.05 Å². The zero-order chi connectivity index (χ0) is 14.8. The number of aromatic amines is 1. The molecule has 1 atom stereocenters. The number of ether oxygens (including phenoxy) is 1. The number of hydrogen-bond acceptors (Lipinski definition) is 5. The summed E-state index contributed by atoms with van der Waals surface area (Å²) in [5, 5.41) is 4.60. The van der Waals surface area contributed by atoms with Gasteiger partial charge in [0.2, 0.25) is 0 Å². The topological polar surface area (TPSA) is 76.0 Å². The lowest BCUT2D eigenvalue weighted by Gasteiger charge is -2.27.